The maximum absolute atomic E-state index is 9.25. The quantitative estimate of drug-likeness (QED) is 0.585. The summed E-state index contributed by atoms with van der Waals surface area (Å²) >= 11 is 0. The monoisotopic (exact) mass is 146 g/mol. The highest BCUT2D eigenvalue weighted by molar-refractivity contribution is 5.78. The van der Waals surface area contributed by atoms with Crippen molar-refractivity contribution in [2.75, 3.05) is 6.61 Å². The van der Waals surface area contributed by atoms with E-state index in [2.05, 4.69) is 13.5 Å². The van der Waals surface area contributed by atoms with Crippen LogP contribution in [-0.2, 0) is 4.79 Å². The lowest BCUT2D eigenvalue weighted by molar-refractivity contribution is -0.131. The molecule has 0 rings (SSSR count). The summed E-state index contributed by atoms with van der Waals surface area (Å²) in [5, 5.41) is 15.7. The van der Waals surface area contributed by atoms with E-state index in [0.717, 1.165) is 18.9 Å². The zero-order chi connectivity index (χ0) is 8.41. The van der Waals surface area contributed by atoms with E-state index in [4.69, 9.17) is 10.2 Å². The molecule has 0 unspecified atom stereocenters. The topological polar surface area (TPSA) is 57.5 Å². The summed E-state index contributed by atoms with van der Waals surface area (Å²) in [6.45, 7) is 5.36. The highest BCUT2D eigenvalue weighted by Gasteiger charge is 1.73. The Morgan fingerprint density at radius 3 is 2.10 bits per heavy atom. The number of hydrogen-bond donors (Lipinski definition) is 2. The minimum atomic E-state index is -0.981. The molecule has 0 saturated heterocycles. The predicted octanol–water partition coefficient (Wildman–Crippen LogP) is 1.04. The van der Waals surface area contributed by atoms with Gasteiger partial charge >= 0.3 is 5.97 Å². The first-order valence-electron chi connectivity index (χ1n) is 3.15. The van der Waals surface area contributed by atoms with Crippen molar-refractivity contribution in [3.8, 4) is 0 Å². The number of aliphatic carboxylic acids is 1. The molecule has 60 valence electrons. The SMILES string of the molecule is C=CC(=O)O.CCCCO. The lowest BCUT2D eigenvalue weighted by Crippen LogP contribution is -1.82. The van der Waals surface area contributed by atoms with Crippen molar-refractivity contribution in [2.24, 2.45) is 0 Å². The largest absolute Gasteiger partial charge is 0.478 e. The number of carboxylic acid groups (broad SMARTS) is 1. The normalized spacial score (nSPS) is 7.40. The Bertz CT molecular complexity index is 86.9. The third kappa shape index (κ3) is 27.2. The number of aliphatic hydroxyl groups is 1. The zero-order valence-electron chi connectivity index (χ0n) is 6.21. The van der Waals surface area contributed by atoms with Gasteiger partial charge in [-0.2, -0.15) is 0 Å². The first-order chi connectivity index (χ1) is 4.68. The molecule has 0 aromatic heterocycles. The van der Waals surface area contributed by atoms with Crippen molar-refractivity contribution in [1.82, 2.24) is 0 Å². The number of carboxylic acids is 1. The summed E-state index contributed by atoms with van der Waals surface area (Å²) in [6.07, 6.45) is 2.87. The molecule has 0 radical (unpaired) electrons. The average molecular weight is 146 g/mol. The van der Waals surface area contributed by atoms with Gasteiger partial charge in [-0.25, -0.2) is 4.79 Å². The van der Waals surface area contributed by atoms with Crippen LogP contribution >= 0.6 is 0 Å². The van der Waals surface area contributed by atoms with Gasteiger partial charge in [0.1, 0.15) is 0 Å². The molecule has 2 N–H and O–H groups in total. The van der Waals surface area contributed by atoms with E-state index in [0.29, 0.717) is 6.61 Å². The van der Waals surface area contributed by atoms with E-state index in [-0.39, 0.29) is 0 Å². The molecule has 0 aromatic rings. The van der Waals surface area contributed by atoms with Crippen LogP contribution < -0.4 is 0 Å². The minimum Gasteiger partial charge on any atom is -0.478 e. The standard InChI is InChI=1S/C4H10O.C3H4O2/c1-2-3-4-5;1-2-3(4)5/h5H,2-4H2,1H3;2H,1H2,(H,4,5). The number of rotatable bonds is 3. The van der Waals surface area contributed by atoms with Crippen LogP contribution in [0, 0.1) is 0 Å². The molecular weight excluding hydrogens is 132 g/mol. The maximum atomic E-state index is 9.25. The van der Waals surface area contributed by atoms with Crippen molar-refractivity contribution in [2.45, 2.75) is 19.8 Å². The summed E-state index contributed by atoms with van der Waals surface area (Å²) in [7, 11) is 0. The summed E-state index contributed by atoms with van der Waals surface area (Å²) < 4.78 is 0. The Hall–Kier alpha value is -0.830. The van der Waals surface area contributed by atoms with Crippen molar-refractivity contribution in [3.63, 3.8) is 0 Å². The third-order valence-corrected chi connectivity index (χ3v) is 0.686. The molecule has 0 spiro atoms. The van der Waals surface area contributed by atoms with E-state index < -0.39 is 5.97 Å². The molecule has 0 saturated carbocycles. The van der Waals surface area contributed by atoms with Crippen LogP contribution in [0.3, 0.4) is 0 Å². The second-order valence-corrected chi connectivity index (χ2v) is 1.62. The van der Waals surface area contributed by atoms with Gasteiger partial charge in [0.25, 0.3) is 0 Å². The second kappa shape index (κ2) is 11.0. The van der Waals surface area contributed by atoms with Crippen LogP contribution in [0.4, 0.5) is 0 Å². The van der Waals surface area contributed by atoms with Gasteiger partial charge in [-0.05, 0) is 6.42 Å². The third-order valence-electron chi connectivity index (χ3n) is 0.686. The molecular formula is C7H14O3. The van der Waals surface area contributed by atoms with Crippen LogP contribution in [0.25, 0.3) is 0 Å². The van der Waals surface area contributed by atoms with Gasteiger partial charge in [0, 0.05) is 12.7 Å². The van der Waals surface area contributed by atoms with Crippen LogP contribution in [0.15, 0.2) is 12.7 Å². The second-order valence-electron chi connectivity index (χ2n) is 1.62. The summed E-state index contributed by atoms with van der Waals surface area (Å²) in [5.41, 5.74) is 0. The van der Waals surface area contributed by atoms with Gasteiger partial charge < -0.3 is 10.2 Å². The van der Waals surface area contributed by atoms with Gasteiger partial charge in [-0.3, -0.25) is 0 Å². The molecule has 0 aliphatic carbocycles. The Morgan fingerprint density at radius 1 is 1.70 bits per heavy atom. The average Bonchev–Trinajstić information content (AvgIpc) is 1.91. The summed E-state index contributed by atoms with van der Waals surface area (Å²) in [6, 6.07) is 0. The van der Waals surface area contributed by atoms with Crippen molar-refractivity contribution >= 4 is 5.97 Å². The molecule has 3 nitrogen and oxygen atoms in total. The lowest BCUT2D eigenvalue weighted by atomic mass is 10.4. The van der Waals surface area contributed by atoms with Gasteiger partial charge in [0.05, 0.1) is 0 Å². The highest BCUT2D eigenvalue weighted by atomic mass is 16.4. The summed E-state index contributed by atoms with van der Waals surface area (Å²) in [4.78, 5) is 9.25. The van der Waals surface area contributed by atoms with Gasteiger partial charge in [-0.15, -0.1) is 0 Å². The van der Waals surface area contributed by atoms with Crippen LogP contribution in [0.2, 0.25) is 0 Å². The summed E-state index contributed by atoms with van der Waals surface area (Å²) in [5.74, 6) is -0.981. The van der Waals surface area contributed by atoms with Crippen LogP contribution in [0.1, 0.15) is 19.8 Å². The zero-order valence-corrected chi connectivity index (χ0v) is 6.21. The van der Waals surface area contributed by atoms with E-state index in [1.54, 1.807) is 0 Å². The molecule has 0 amide bonds. The number of carbonyl (C=O) groups is 1. The van der Waals surface area contributed by atoms with Gasteiger partial charge in [0.2, 0.25) is 0 Å². The van der Waals surface area contributed by atoms with Crippen molar-refractivity contribution < 1.29 is 15.0 Å². The molecule has 0 fully saturated rings. The van der Waals surface area contributed by atoms with E-state index in [1.807, 2.05) is 0 Å². The van der Waals surface area contributed by atoms with Gasteiger partial charge in [0.15, 0.2) is 0 Å². The fraction of sp³-hybridized carbons (Fsp3) is 0.571. The predicted molar refractivity (Wildman–Crippen MR) is 39.8 cm³/mol. The fourth-order valence-corrected chi connectivity index (χ4v) is 0.158. The van der Waals surface area contributed by atoms with E-state index in [9.17, 15) is 4.79 Å². The minimum absolute atomic E-state index is 0.344. The Balaban J connectivity index is 0. The Morgan fingerprint density at radius 2 is 2.10 bits per heavy atom. The first-order valence-corrected chi connectivity index (χ1v) is 3.15. The van der Waals surface area contributed by atoms with Gasteiger partial charge in [-0.1, -0.05) is 19.9 Å². The smallest absolute Gasteiger partial charge is 0.327 e. The fourth-order valence-electron chi connectivity index (χ4n) is 0.158. The first kappa shape index (κ1) is 11.9. The molecule has 0 aliphatic rings. The van der Waals surface area contributed by atoms with Crippen LogP contribution in [-0.4, -0.2) is 22.8 Å². The number of hydrogen-bond acceptors (Lipinski definition) is 2. The molecule has 3 heteroatoms. The maximum Gasteiger partial charge on any atom is 0.327 e. The molecule has 10 heavy (non-hydrogen) atoms. The number of unbranched alkanes of at least 4 members (excludes halogenated alkanes) is 1. The highest BCUT2D eigenvalue weighted by Crippen LogP contribution is 1.78. The van der Waals surface area contributed by atoms with Crippen molar-refractivity contribution in [1.29, 1.82) is 0 Å². The Kier molecular flexibility index (Phi) is 13.1. The molecule has 0 bridgehead atoms. The van der Waals surface area contributed by atoms with Crippen molar-refractivity contribution in [3.05, 3.63) is 12.7 Å². The van der Waals surface area contributed by atoms with E-state index >= 15 is 0 Å². The molecule has 0 aliphatic heterocycles. The number of aliphatic hydroxyl groups excluding tert-OH is 1. The van der Waals surface area contributed by atoms with Crippen LogP contribution in [0.5, 0.6) is 0 Å². The molecule has 0 atom stereocenters. The molecule has 0 aromatic carbocycles. The molecule has 0 heterocycles. The lowest BCUT2D eigenvalue weighted by Gasteiger charge is -1.79. The Labute approximate surface area is 61.0 Å². The van der Waals surface area contributed by atoms with E-state index in [1.165, 1.54) is 0 Å².